The van der Waals surface area contributed by atoms with Crippen molar-refractivity contribution in [3.8, 4) is 11.5 Å². The second kappa shape index (κ2) is 6.51. The lowest BCUT2D eigenvalue weighted by atomic mass is 10.1. The maximum atomic E-state index is 13.1. The fourth-order valence-corrected chi connectivity index (χ4v) is 5.89. The van der Waals surface area contributed by atoms with Crippen LogP contribution in [0.4, 0.5) is 5.69 Å². The molecule has 1 N–H and O–H groups in total. The number of ether oxygens (including phenoxy) is 2. The smallest absolute Gasteiger partial charge is 0.274 e. The predicted molar refractivity (Wildman–Crippen MR) is 102 cm³/mol. The Morgan fingerprint density at radius 2 is 2.00 bits per heavy atom. The van der Waals surface area contributed by atoms with Crippen LogP contribution in [0.25, 0.3) is 0 Å². The molecule has 1 unspecified atom stereocenters. The van der Waals surface area contributed by atoms with Crippen molar-refractivity contribution in [2.24, 2.45) is 0 Å². The average molecular weight is 403 g/mol. The summed E-state index contributed by atoms with van der Waals surface area (Å²) < 4.78 is 36.6. The highest BCUT2D eigenvalue weighted by Gasteiger charge is 2.35. The van der Waals surface area contributed by atoms with Crippen LogP contribution in [0.2, 0.25) is 0 Å². The van der Waals surface area contributed by atoms with Gasteiger partial charge in [0.15, 0.2) is 21.3 Å². The normalized spacial score (nSPS) is 22.1. The van der Waals surface area contributed by atoms with Crippen LogP contribution < -0.4 is 14.8 Å². The van der Waals surface area contributed by atoms with Crippen LogP contribution in [-0.2, 0) is 22.7 Å². The molecule has 3 heterocycles. The summed E-state index contributed by atoms with van der Waals surface area (Å²) in [6.07, 6.45) is 3.07. The average Bonchev–Trinajstić information content (AvgIpc) is 3.35. The van der Waals surface area contributed by atoms with Crippen molar-refractivity contribution < 1.29 is 22.7 Å². The summed E-state index contributed by atoms with van der Waals surface area (Å²) in [5.74, 6) is 1.18. The molecule has 0 bridgehead atoms. The molecule has 1 atom stereocenters. The fourth-order valence-electron chi connectivity index (χ4n) is 4.20. The van der Waals surface area contributed by atoms with E-state index in [1.54, 1.807) is 22.9 Å². The summed E-state index contributed by atoms with van der Waals surface area (Å²) in [6, 6.07) is 5.01. The van der Waals surface area contributed by atoms with E-state index in [1.807, 2.05) is 0 Å². The Morgan fingerprint density at radius 3 is 2.79 bits per heavy atom. The van der Waals surface area contributed by atoms with Crippen LogP contribution in [0.15, 0.2) is 18.2 Å². The molecule has 2 aromatic rings. The third-order valence-corrected chi connectivity index (χ3v) is 7.25. The molecular formula is C19H21N3O5S. The molecule has 1 saturated heterocycles. The van der Waals surface area contributed by atoms with Crippen LogP contribution in [0.3, 0.4) is 0 Å². The van der Waals surface area contributed by atoms with Crippen molar-refractivity contribution in [3.63, 3.8) is 0 Å². The van der Waals surface area contributed by atoms with Crippen molar-refractivity contribution in [1.82, 2.24) is 9.78 Å². The second-order valence-electron chi connectivity index (χ2n) is 7.44. The van der Waals surface area contributed by atoms with Gasteiger partial charge in [0.05, 0.1) is 23.2 Å². The van der Waals surface area contributed by atoms with Crippen LogP contribution in [-0.4, -0.2) is 48.8 Å². The van der Waals surface area contributed by atoms with E-state index >= 15 is 0 Å². The van der Waals surface area contributed by atoms with Gasteiger partial charge in [0.2, 0.25) is 0 Å². The number of nitrogens with one attached hydrogen (secondary N) is 1. The molecule has 1 amide bonds. The zero-order chi connectivity index (χ0) is 19.3. The highest BCUT2D eigenvalue weighted by atomic mass is 32.2. The van der Waals surface area contributed by atoms with Crippen LogP contribution in [0, 0.1) is 0 Å². The predicted octanol–water partition coefficient (Wildman–Crippen LogP) is 1.75. The van der Waals surface area contributed by atoms with Crippen molar-refractivity contribution in [3.05, 3.63) is 35.2 Å². The van der Waals surface area contributed by atoms with Gasteiger partial charge in [-0.1, -0.05) is 0 Å². The van der Waals surface area contributed by atoms with E-state index in [0.717, 1.165) is 30.5 Å². The number of sulfone groups is 1. The van der Waals surface area contributed by atoms with Gasteiger partial charge < -0.3 is 14.8 Å². The lowest BCUT2D eigenvalue weighted by Crippen LogP contribution is -2.23. The topological polar surface area (TPSA) is 99.5 Å². The summed E-state index contributed by atoms with van der Waals surface area (Å²) >= 11 is 0. The first kappa shape index (κ1) is 17.5. The summed E-state index contributed by atoms with van der Waals surface area (Å²) in [4.78, 5) is 13.1. The number of benzene rings is 1. The van der Waals surface area contributed by atoms with Crippen LogP contribution >= 0.6 is 0 Å². The number of hydrogen-bond acceptors (Lipinski definition) is 6. The van der Waals surface area contributed by atoms with Gasteiger partial charge in [-0.3, -0.25) is 9.48 Å². The molecule has 0 spiro atoms. The molecule has 8 nitrogen and oxygen atoms in total. The van der Waals surface area contributed by atoms with E-state index in [2.05, 4.69) is 10.4 Å². The first-order valence-electron chi connectivity index (χ1n) is 9.52. The number of aryl methyl sites for hydroxylation is 1. The van der Waals surface area contributed by atoms with Gasteiger partial charge in [-0.2, -0.15) is 5.10 Å². The van der Waals surface area contributed by atoms with Crippen LogP contribution in [0.1, 0.15) is 40.6 Å². The first-order chi connectivity index (χ1) is 13.5. The van der Waals surface area contributed by atoms with Crippen molar-refractivity contribution in [2.45, 2.75) is 31.7 Å². The van der Waals surface area contributed by atoms with E-state index in [1.165, 1.54) is 0 Å². The molecule has 9 heteroatoms. The minimum Gasteiger partial charge on any atom is -0.486 e. The van der Waals surface area contributed by atoms with E-state index < -0.39 is 9.84 Å². The number of carbonyl (C=O) groups excluding carboxylic acids is 1. The molecule has 1 fully saturated rings. The molecule has 2 aliphatic heterocycles. The van der Waals surface area contributed by atoms with E-state index in [4.69, 9.17) is 9.47 Å². The molecule has 0 radical (unpaired) electrons. The Bertz CT molecular complexity index is 1060. The standard InChI is InChI=1S/C19H21N3O5S/c23-19(20-12-4-5-16-17(10-12)27-8-7-26-16)18-14-2-1-3-15(14)21-22(18)13-6-9-28(24,25)11-13/h4-5,10,13H,1-3,6-9,11H2,(H,20,23). The number of nitrogens with zero attached hydrogens (tertiary/aromatic N) is 2. The minimum atomic E-state index is -3.07. The summed E-state index contributed by atoms with van der Waals surface area (Å²) in [5.41, 5.74) is 2.95. The lowest BCUT2D eigenvalue weighted by molar-refractivity contribution is 0.101. The SMILES string of the molecule is O=C(Nc1ccc2c(c1)OCCO2)c1c2c(nn1C1CCS(=O)(=O)C1)CCC2. The quantitative estimate of drug-likeness (QED) is 0.838. The first-order valence-corrected chi connectivity index (χ1v) is 11.3. The maximum Gasteiger partial charge on any atom is 0.274 e. The molecule has 3 aliphatic rings. The summed E-state index contributed by atoms with van der Waals surface area (Å²) in [6.45, 7) is 0.981. The molecular weight excluding hydrogens is 382 g/mol. The molecule has 28 heavy (non-hydrogen) atoms. The largest absolute Gasteiger partial charge is 0.486 e. The number of aromatic nitrogens is 2. The third kappa shape index (κ3) is 3.03. The summed E-state index contributed by atoms with van der Waals surface area (Å²) in [7, 11) is -3.07. The lowest BCUT2D eigenvalue weighted by Gasteiger charge is -2.19. The Hall–Kier alpha value is -2.55. The van der Waals surface area contributed by atoms with Gasteiger partial charge in [-0.15, -0.1) is 0 Å². The number of amides is 1. The second-order valence-corrected chi connectivity index (χ2v) is 9.67. The number of rotatable bonds is 3. The molecule has 148 valence electrons. The van der Waals surface area contributed by atoms with E-state index in [-0.39, 0.29) is 23.5 Å². The van der Waals surface area contributed by atoms with Crippen molar-refractivity contribution >= 4 is 21.4 Å². The Labute approximate surface area is 162 Å². The molecule has 1 aliphatic carbocycles. The van der Waals surface area contributed by atoms with Gasteiger partial charge in [0.25, 0.3) is 5.91 Å². The van der Waals surface area contributed by atoms with E-state index in [9.17, 15) is 13.2 Å². The zero-order valence-electron chi connectivity index (χ0n) is 15.3. The maximum absolute atomic E-state index is 13.1. The Morgan fingerprint density at radius 1 is 1.18 bits per heavy atom. The summed E-state index contributed by atoms with van der Waals surface area (Å²) in [5, 5.41) is 7.54. The Balaban J connectivity index is 1.46. The van der Waals surface area contributed by atoms with Gasteiger partial charge >= 0.3 is 0 Å². The van der Waals surface area contributed by atoms with Crippen molar-refractivity contribution in [1.29, 1.82) is 0 Å². The van der Waals surface area contributed by atoms with Gasteiger partial charge in [0, 0.05) is 17.3 Å². The number of hydrogen-bond donors (Lipinski definition) is 1. The van der Waals surface area contributed by atoms with Gasteiger partial charge in [0.1, 0.15) is 18.9 Å². The zero-order valence-corrected chi connectivity index (χ0v) is 16.1. The number of carbonyl (C=O) groups is 1. The number of fused-ring (bicyclic) bond motifs is 2. The van der Waals surface area contributed by atoms with Gasteiger partial charge in [-0.05, 0) is 37.8 Å². The highest BCUT2D eigenvalue weighted by molar-refractivity contribution is 7.91. The monoisotopic (exact) mass is 403 g/mol. The highest BCUT2D eigenvalue weighted by Crippen LogP contribution is 2.34. The third-order valence-electron chi connectivity index (χ3n) is 5.50. The van der Waals surface area contributed by atoms with E-state index in [0.29, 0.717) is 42.5 Å². The molecule has 0 saturated carbocycles. The van der Waals surface area contributed by atoms with Crippen molar-refractivity contribution in [2.75, 3.05) is 30.0 Å². The fraction of sp³-hybridized carbons (Fsp3) is 0.474. The molecule has 5 rings (SSSR count). The van der Waals surface area contributed by atoms with Gasteiger partial charge in [-0.25, -0.2) is 8.42 Å². The number of anilines is 1. The Kier molecular flexibility index (Phi) is 4.08. The minimum absolute atomic E-state index is 0.0395. The van der Waals surface area contributed by atoms with Crippen LogP contribution in [0.5, 0.6) is 11.5 Å². The molecule has 1 aromatic carbocycles. The molecule has 1 aromatic heterocycles.